The third-order valence-electron chi connectivity index (χ3n) is 2.11. The smallest absolute Gasteiger partial charge is 0.132 e. The van der Waals surface area contributed by atoms with Gasteiger partial charge in [-0.1, -0.05) is 6.42 Å². The topological polar surface area (TPSA) is 25.8 Å². The molecule has 2 nitrogen and oxygen atoms in total. The highest BCUT2D eigenvalue weighted by Gasteiger charge is 2.21. The number of hydrogen-bond acceptors (Lipinski definition) is 2. The van der Waals surface area contributed by atoms with Crippen molar-refractivity contribution in [3.05, 3.63) is 21.8 Å². The van der Waals surface area contributed by atoms with Gasteiger partial charge >= 0.3 is 0 Å². The van der Waals surface area contributed by atoms with Gasteiger partial charge in [0, 0.05) is 12.1 Å². The summed E-state index contributed by atoms with van der Waals surface area (Å²) in [5.74, 6) is 1.70. The molecule has 0 aromatic carbocycles. The van der Waals surface area contributed by atoms with Crippen molar-refractivity contribution in [3.63, 3.8) is 0 Å². The Kier molecular flexibility index (Phi) is 2.07. The van der Waals surface area contributed by atoms with Crippen LogP contribution in [-0.4, -0.2) is 9.97 Å². The molecule has 1 fully saturated rings. The molecule has 0 amide bonds. The van der Waals surface area contributed by atoms with E-state index < -0.39 is 0 Å². The molecule has 1 heterocycles. The first-order valence-corrected chi connectivity index (χ1v) is 4.92. The van der Waals surface area contributed by atoms with Gasteiger partial charge in [0.25, 0.3) is 0 Å². The summed E-state index contributed by atoms with van der Waals surface area (Å²) >= 11 is 2.23. The molecule has 0 aliphatic heterocycles. The van der Waals surface area contributed by atoms with Crippen LogP contribution >= 0.6 is 22.6 Å². The second kappa shape index (κ2) is 3.05. The molecular weight excluding hydrogens is 251 g/mol. The lowest BCUT2D eigenvalue weighted by molar-refractivity contribution is 0.400. The summed E-state index contributed by atoms with van der Waals surface area (Å²) in [6, 6.07) is 1.93. The van der Waals surface area contributed by atoms with Crippen LogP contribution in [0, 0.1) is 3.70 Å². The van der Waals surface area contributed by atoms with Gasteiger partial charge in [0.15, 0.2) is 0 Å². The van der Waals surface area contributed by atoms with Crippen LogP contribution in [0.15, 0.2) is 12.3 Å². The third kappa shape index (κ3) is 1.52. The Labute approximate surface area is 79.6 Å². The van der Waals surface area contributed by atoms with Crippen LogP contribution in [0.5, 0.6) is 0 Å². The Morgan fingerprint density at radius 3 is 2.82 bits per heavy atom. The number of hydrogen-bond donors (Lipinski definition) is 0. The summed E-state index contributed by atoms with van der Waals surface area (Å²) in [7, 11) is 0. The third-order valence-corrected chi connectivity index (χ3v) is 2.71. The fraction of sp³-hybridized carbons (Fsp3) is 0.500. The van der Waals surface area contributed by atoms with Gasteiger partial charge < -0.3 is 0 Å². The fourth-order valence-corrected chi connectivity index (χ4v) is 1.62. The molecule has 0 radical (unpaired) electrons. The quantitative estimate of drug-likeness (QED) is 0.572. The van der Waals surface area contributed by atoms with Crippen molar-refractivity contribution >= 4 is 22.6 Å². The van der Waals surface area contributed by atoms with Crippen LogP contribution in [-0.2, 0) is 0 Å². The maximum atomic E-state index is 4.37. The van der Waals surface area contributed by atoms with E-state index in [0.717, 1.165) is 9.53 Å². The molecule has 0 N–H and O–H groups in total. The lowest BCUT2D eigenvalue weighted by Gasteiger charge is -2.23. The monoisotopic (exact) mass is 260 g/mol. The maximum absolute atomic E-state index is 4.37. The molecule has 3 heteroatoms. The minimum absolute atomic E-state index is 0.657. The van der Waals surface area contributed by atoms with Crippen LogP contribution in [0.25, 0.3) is 0 Å². The fourth-order valence-electron chi connectivity index (χ4n) is 1.21. The first-order valence-electron chi connectivity index (χ1n) is 3.85. The summed E-state index contributed by atoms with van der Waals surface area (Å²) in [5.41, 5.74) is 0. The Morgan fingerprint density at radius 2 is 2.27 bits per heavy atom. The maximum Gasteiger partial charge on any atom is 0.132 e. The summed E-state index contributed by atoms with van der Waals surface area (Å²) in [6.45, 7) is 0. The zero-order valence-electron chi connectivity index (χ0n) is 6.13. The minimum Gasteiger partial charge on any atom is -0.241 e. The molecule has 1 aliphatic carbocycles. The normalized spacial score (nSPS) is 17.9. The van der Waals surface area contributed by atoms with Gasteiger partial charge in [-0.05, 0) is 41.5 Å². The molecule has 1 saturated carbocycles. The van der Waals surface area contributed by atoms with Crippen LogP contribution in [0.2, 0.25) is 0 Å². The van der Waals surface area contributed by atoms with Crippen molar-refractivity contribution in [2.75, 3.05) is 0 Å². The number of nitrogens with zero attached hydrogens (tertiary/aromatic N) is 2. The summed E-state index contributed by atoms with van der Waals surface area (Å²) in [5, 5.41) is 0. The summed E-state index contributed by atoms with van der Waals surface area (Å²) in [4.78, 5) is 8.62. The number of rotatable bonds is 1. The van der Waals surface area contributed by atoms with Crippen molar-refractivity contribution in [3.8, 4) is 0 Å². The largest absolute Gasteiger partial charge is 0.241 e. The van der Waals surface area contributed by atoms with Crippen LogP contribution in [0.1, 0.15) is 31.0 Å². The Hall–Kier alpha value is -0.190. The summed E-state index contributed by atoms with van der Waals surface area (Å²) < 4.78 is 1.06. The van der Waals surface area contributed by atoms with Gasteiger partial charge in [0.1, 0.15) is 9.53 Å². The van der Waals surface area contributed by atoms with E-state index in [1.165, 1.54) is 19.3 Å². The average molecular weight is 260 g/mol. The lowest BCUT2D eigenvalue weighted by atomic mass is 9.85. The van der Waals surface area contributed by atoms with E-state index in [9.17, 15) is 0 Å². The van der Waals surface area contributed by atoms with E-state index in [4.69, 9.17) is 0 Å². The van der Waals surface area contributed by atoms with Crippen molar-refractivity contribution < 1.29 is 0 Å². The Balaban J connectivity index is 2.23. The molecule has 0 atom stereocenters. The first kappa shape index (κ1) is 7.46. The van der Waals surface area contributed by atoms with Crippen molar-refractivity contribution in [1.29, 1.82) is 0 Å². The molecule has 0 unspecified atom stereocenters. The second-order valence-corrected chi connectivity index (χ2v) is 3.97. The van der Waals surface area contributed by atoms with Gasteiger partial charge in [-0.2, -0.15) is 0 Å². The highest BCUT2D eigenvalue weighted by molar-refractivity contribution is 14.1. The first-order chi connectivity index (χ1) is 5.36. The lowest BCUT2D eigenvalue weighted by Crippen LogP contribution is -2.12. The minimum atomic E-state index is 0.657. The van der Waals surface area contributed by atoms with E-state index >= 15 is 0 Å². The summed E-state index contributed by atoms with van der Waals surface area (Å²) in [6.07, 6.45) is 5.75. The van der Waals surface area contributed by atoms with Crippen LogP contribution in [0.3, 0.4) is 0 Å². The molecule has 1 aliphatic rings. The predicted molar refractivity (Wildman–Crippen MR) is 51.3 cm³/mol. The molecule has 1 aromatic heterocycles. The predicted octanol–water partition coefficient (Wildman–Crippen LogP) is 2.35. The van der Waals surface area contributed by atoms with Gasteiger partial charge in [0.2, 0.25) is 0 Å². The second-order valence-electron chi connectivity index (χ2n) is 2.87. The molecule has 2 rings (SSSR count). The van der Waals surface area contributed by atoms with Crippen LogP contribution < -0.4 is 0 Å². The van der Waals surface area contributed by atoms with Crippen molar-refractivity contribution in [2.24, 2.45) is 0 Å². The van der Waals surface area contributed by atoms with E-state index in [2.05, 4.69) is 32.6 Å². The molecule has 58 valence electrons. The molecule has 0 spiro atoms. The van der Waals surface area contributed by atoms with Crippen molar-refractivity contribution in [2.45, 2.75) is 25.2 Å². The van der Waals surface area contributed by atoms with E-state index in [1.54, 1.807) is 0 Å². The zero-order valence-corrected chi connectivity index (χ0v) is 8.28. The van der Waals surface area contributed by atoms with Gasteiger partial charge in [-0.15, -0.1) is 0 Å². The molecular formula is C8H9IN2. The number of halogens is 1. The van der Waals surface area contributed by atoms with E-state index in [-0.39, 0.29) is 0 Å². The SMILES string of the molecule is Ic1ccnc(C2CCC2)n1. The molecule has 1 aromatic rings. The van der Waals surface area contributed by atoms with Gasteiger partial charge in [-0.25, -0.2) is 9.97 Å². The zero-order chi connectivity index (χ0) is 7.68. The van der Waals surface area contributed by atoms with Crippen molar-refractivity contribution in [1.82, 2.24) is 9.97 Å². The Morgan fingerprint density at radius 1 is 1.45 bits per heavy atom. The molecule has 0 saturated heterocycles. The highest BCUT2D eigenvalue weighted by atomic mass is 127. The van der Waals surface area contributed by atoms with Crippen LogP contribution in [0.4, 0.5) is 0 Å². The van der Waals surface area contributed by atoms with Gasteiger partial charge in [-0.3, -0.25) is 0 Å². The Bertz CT molecular complexity index is 258. The molecule has 0 bridgehead atoms. The average Bonchev–Trinajstić information content (AvgIpc) is 1.83. The standard InChI is InChI=1S/C8H9IN2/c9-7-4-5-10-8(11-7)6-2-1-3-6/h4-6H,1-3H2. The van der Waals surface area contributed by atoms with Gasteiger partial charge in [0.05, 0.1) is 0 Å². The highest BCUT2D eigenvalue weighted by Crippen LogP contribution is 2.33. The van der Waals surface area contributed by atoms with E-state index in [0.29, 0.717) is 5.92 Å². The van der Waals surface area contributed by atoms with E-state index in [1.807, 2.05) is 12.3 Å². The molecule has 11 heavy (non-hydrogen) atoms. The number of aromatic nitrogens is 2.